The van der Waals surface area contributed by atoms with Gasteiger partial charge in [-0.05, 0) is 30.5 Å². The molecule has 6 nitrogen and oxygen atoms in total. The molecule has 1 aromatic carbocycles. The number of aromatic nitrogens is 1. The van der Waals surface area contributed by atoms with Crippen LogP contribution in [0, 0.1) is 0 Å². The molecular formula is C22H27N3O3. The molecule has 3 heterocycles. The lowest BCUT2D eigenvalue weighted by molar-refractivity contribution is -0.0770. The van der Waals surface area contributed by atoms with E-state index in [1.807, 2.05) is 29.2 Å². The number of aliphatic hydroxyl groups is 1. The number of benzene rings is 1. The van der Waals surface area contributed by atoms with Gasteiger partial charge >= 0.3 is 0 Å². The quantitative estimate of drug-likeness (QED) is 0.879. The molecule has 1 N–H and O–H groups in total. The number of aliphatic hydroxyl groups excluding tert-OH is 1. The van der Waals surface area contributed by atoms with Gasteiger partial charge < -0.3 is 19.6 Å². The van der Waals surface area contributed by atoms with Crippen molar-refractivity contribution in [3.05, 3.63) is 66.0 Å². The van der Waals surface area contributed by atoms with Crippen LogP contribution in [0.2, 0.25) is 0 Å². The van der Waals surface area contributed by atoms with Crippen molar-refractivity contribution in [2.24, 2.45) is 0 Å². The minimum absolute atomic E-state index is 0.00989. The molecule has 2 aliphatic rings. The number of pyridine rings is 1. The Kier molecular flexibility index (Phi) is 6.00. The highest BCUT2D eigenvalue weighted by atomic mass is 16.5. The maximum atomic E-state index is 13.2. The van der Waals surface area contributed by atoms with Crippen molar-refractivity contribution in [3.8, 4) is 0 Å². The van der Waals surface area contributed by atoms with Crippen LogP contribution in [-0.4, -0.2) is 70.8 Å². The van der Waals surface area contributed by atoms with Gasteiger partial charge in [-0.25, -0.2) is 0 Å². The van der Waals surface area contributed by atoms with Crippen LogP contribution >= 0.6 is 0 Å². The second-order valence-corrected chi connectivity index (χ2v) is 7.54. The summed E-state index contributed by atoms with van der Waals surface area (Å²) in [4.78, 5) is 21.6. The van der Waals surface area contributed by atoms with E-state index in [0.717, 1.165) is 38.0 Å². The number of likely N-dealkylation sites (tertiary alicyclic amines) is 1. The molecule has 0 aliphatic carbocycles. The van der Waals surface area contributed by atoms with E-state index in [4.69, 9.17) is 4.74 Å². The Hall–Kier alpha value is -2.28. The molecule has 2 saturated heterocycles. The molecule has 0 radical (unpaired) electrons. The van der Waals surface area contributed by atoms with Gasteiger partial charge in [0.05, 0.1) is 30.4 Å². The first-order chi connectivity index (χ1) is 13.7. The van der Waals surface area contributed by atoms with E-state index >= 15 is 0 Å². The number of hydrogen-bond acceptors (Lipinski definition) is 5. The van der Waals surface area contributed by atoms with Gasteiger partial charge in [0.2, 0.25) is 0 Å². The summed E-state index contributed by atoms with van der Waals surface area (Å²) in [5.74, 6) is -0.00989. The third-order valence-electron chi connectivity index (χ3n) is 5.66. The van der Waals surface area contributed by atoms with Crippen molar-refractivity contribution >= 4 is 5.91 Å². The zero-order valence-corrected chi connectivity index (χ0v) is 16.0. The Labute approximate surface area is 165 Å². The number of morpholine rings is 1. The Bertz CT molecular complexity index is 763. The second-order valence-electron chi connectivity index (χ2n) is 7.54. The molecule has 0 spiro atoms. The monoisotopic (exact) mass is 381 g/mol. The molecule has 1 aromatic heterocycles. The lowest BCUT2D eigenvalue weighted by Gasteiger charge is -2.44. The van der Waals surface area contributed by atoms with Gasteiger partial charge in [-0.15, -0.1) is 0 Å². The van der Waals surface area contributed by atoms with Crippen LogP contribution in [-0.2, 0) is 4.74 Å². The van der Waals surface area contributed by atoms with Gasteiger partial charge in [-0.2, -0.15) is 0 Å². The van der Waals surface area contributed by atoms with E-state index in [1.165, 1.54) is 0 Å². The van der Waals surface area contributed by atoms with Crippen molar-refractivity contribution in [1.29, 1.82) is 0 Å². The predicted molar refractivity (Wildman–Crippen MR) is 106 cm³/mol. The minimum atomic E-state index is -0.197. The normalized spacial score (nSPS) is 24.2. The average molecular weight is 381 g/mol. The summed E-state index contributed by atoms with van der Waals surface area (Å²) in [7, 11) is 0. The average Bonchev–Trinajstić information content (AvgIpc) is 2.76. The number of hydrogen-bond donors (Lipinski definition) is 1. The Morgan fingerprint density at radius 3 is 2.61 bits per heavy atom. The van der Waals surface area contributed by atoms with Gasteiger partial charge in [-0.1, -0.05) is 30.3 Å². The highest BCUT2D eigenvalue weighted by molar-refractivity contribution is 5.94. The summed E-state index contributed by atoms with van der Waals surface area (Å²) in [5.41, 5.74) is 1.69. The first kappa shape index (κ1) is 19.1. The van der Waals surface area contributed by atoms with Gasteiger partial charge in [0.1, 0.15) is 0 Å². The number of amides is 1. The van der Waals surface area contributed by atoms with Crippen LogP contribution in [0.25, 0.3) is 0 Å². The zero-order chi connectivity index (χ0) is 19.3. The summed E-state index contributed by atoms with van der Waals surface area (Å²) in [6, 6.07) is 13.6. The molecule has 4 rings (SSSR count). The molecule has 1 amide bonds. The Balaban J connectivity index is 1.59. The van der Waals surface area contributed by atoms with Crippen LogP contribution < -0.4 is 0 Å². The number of ether oxygens (including phenoxy) is 1. The number of rotatable bonds is 4. The maximum Gasteiger partial charge on any atom is 0.256 e. The van der Waals surface area contributed by atoms with Crippen molar-refractivity contribution in [2.45, 2.75) is 31.1 Å². The molecule has 148 valence electrons. The summed E-state index contributed by atoms with van der Waals surface area (Å²) >= 11 is 0. The van der Waals surface area contributed by atoms with E-state index in [9.17, 15) is 9.90 Å². The fourth-order valence-electron chi connectivity index (χ4n) is 4.17. The van der Waals surface area contributed by atoms with Crippen molar-refractivity contribution in [2.75, 3.05) is 32.8 Å². The number of nitrogens with zero attached hydrogens (tertiary/aromatic N) is 3. The topological polar surface area (TPSA) is 65.9 Å². The molecule has 0 bridgehead atoms. The van der Waals surface area contributed by atoms with Crippen LogP contribution in [0.5, 0.6) is 0 Å². The van der Waals surface area contributed by atoms with E-state index < -0.39 is 0 Å². The molecular weight excluding hydrogens is 354 g/mol. The van der Waals surface area contributed by atoms with Crippen molar-refractivity contribution in [1.82, 2.24) is 14.8 Å². The first-order valence-corrected chi connectivity index (χ1v) is 10.0. The van der Waals surface area contributed by atoms with Crippen LogP contribution in [0.15, 0.2) is 54.9 Å². The fourth-order valence-corrected chi connectivity index (χ4v) is 4.17. The lowest BCUT2D eigenvalue weighted by Crippen LogP contribution is -2.52. The Morgan fingerprint density at radius 1 is 1.11 bits per heavy atom. The molecule has 28 heavy (non-hydrogen) atoms. The second kappa shape index (κ2) is 8.82. The van der Waals surface area contributed by atoms with Crippen LogP contribution in [0.3, 0.4) is 0 Å². The summed E-state index contributed by atoms with van der Waals surface area (Å²) in [6.07, 6.45) is 4.59. The van der Waals surface area contributed by atoms with Gasteiger partial charge in [0.25, 0.3) is 5.91 Å². The largest absolute Gasteiger partial charge is 0.393 e. The van der Waals surface area contributed by atoms with Crippen LogP contribution in [0.4, 0.5) is 0 Å². The zero-order valence-electron chi connectivity index (χ0n) is 16.0. The molecule has 0 saturated carbocycles. The van der Waals surface area contributed by atoms with E-state index in [0.29, 0.717) is 18.7 Å². The molecule has 2 atom stereocenters. The molecule has 6 heteroatoms. The number of piperidine rings is 1. The van der Waals surface area contributed by atoms with Gasteiger partial charge in [0.15, 0.2) is 0 Å². The standard InChI is InChI=1S/C22H27N3O3/c26-19-8-11-24(12-9-19)16-20-21(17-5-2-1-3-6-17)25(13-14-28-20)22(27)18-7-4-10-23-15-18/h1-7,10,15,19-21,26H,8-9,11-14,16H2/t20-,21-/m0/s1. The van der Waals surface area contributed by atoms with Crippen LogP contribution in [0.1, 0.15) is 34.8 Å². The highest BCUT2D eigenvalue weighted by Gasteiger charge is 2.38. The highest BCUT2D eigenvalue weighted by Crippen LogP contribution is 2.32. The summed E-state index contributed by atoms with van der Waals surface area (Å²) in [5, 5.41) is 9.79. The maximum absolute atomic E-state index is 13.2. The Morgan fingerprint density at radius 2 is 1.89 bits per heavy atom. The SMILES string of the molecule is O=C(c1cccnc1)N1CCO[C@@H](CN2CCC(O)CC2)[C@@H]1c1ccccc1. The lowest BCUT2D eigenvalue weighted by atomic mass is 9.96. The van der Waals surface area contributed by atoms with Crippen molar-refractivity contribution in [3.63, 3.8) is 0 Å². The van der Waals surface area contributed by atoms with Crippen molar-refractivity contribution < 1.29 is 14.6 Å². The van der Waals surface area contributed by atoms with E-state index in [1.54, 1.807) is 18.5 Å². The number of carbonyl (C=O) groups excluding carboxylic acids is 1. The fraction of sp³-hybridized carbons (Fsp3) is 0.455. The third kappa shape index (κ3) is 4.24. The third-order valence-corrected chi connectivity index (χ3v) is 5.66. The number of carbonyl (C=O) groups is 1. The minimum Gasteiger partial charge on any atom is -0.393 e. The molecule has 2 aliphatic heterocycles. The van der Waals surface area contributed by atoms with Gasteiger partial charge in [-0.3, -0.25) is 9.78 Å². The molecule has 2 aromatic rings. The molecule has 0 unspecified atom stereocenters. The predicted octanol–water partition coefficient (Wildman–Crippen LogP) is 2.12. The van der Waals surface area contributed by atoms with Gasteiger partial charge in [0, 0.05) is 38.6 Å². The summed E-state index contributed by atoms with van der Waals surface area (Å²) in [6.45, 7) is 3.56. The van der Waals surface area contributed by atoms with E-state index in [-0.39, 0.29) is 24.2 Å². The summed E-state index contributed by atoms with van der Waals surface area (Å²) < 4.78 is 6.18. The first-order valence-electron chi connectivity index (χ1n) is 10.0. The molecule has 2 fully saturated rings. The van der Waals surface area contributed by atoms with E-state index in [2.05, 4.69) is 22.0 Å². The smallest absolute Gasteiger partial charge is 0.256 e.